The van der Waals surface area contributed by atoms with Crippen LogP contribution < -0.4 is 10.6 Å². The molecule has 0 saturated carbocycles. The molecule has 2 aromatic heterocycles. The third-order valence-electron chi connectivity index (χ3n) is 2.78. The molecule has 0 aliphatic rings. The fourth-order valence-electron chi connectivity index (χ4n) is 1.89. The molecule has 0 radical (unpaired) electrons. The third kappa shape index (κ3) is 2.30. The van der Waals surface area contributed by atoms with Crippen molar-refractivity contribution in [3.63, 3.8) is 0 Å². The van der Waals surface area contributed by atoms with Gasteiger partial charge in [0.05, 0.1) is 5.52 Å². The molecule has 5 nitrogen and oxygen atoms in total. The number of para-hydroxylation sites is 1. The average Bonchev–Trinajstić information content (AvgIpc) is 2.47. The molecule has 2 heterocycles. The Morgan fingerprint density at radius 1 is 0.947 bits per heavy atom. The van der Waals surface area contributed by atoms with Crippen LogP contribution in [0.25, 0.3) is 10.9 Å². The molecule has 5 heteroatoms. The lowest BCUT2D eigenvalue weighted by Crippen LogP contribution is -2.01. The van der Waals surface area contributed by atoms with Crippen LogP contribution in [0, 0.1) is 0 Å². The molecule has 3 aromatic rings. The van der Waals surface area contributed by atoms with Gasteiger partial charge in [-0.1, -0.05) is 12.1 Å². The molecule has 0 aliphatic carbocycles. The van der Waals surface area contributed by atoms with E-state index in [1.807, 2.05) is 43.4 Å². The van der Waals surface area contributed by atoms with Gasteiger partial charge in [0, 0.05) is 30.5 Å². The number of hydrogen-bond donors (Lipinski definition) is 2. The SMILES string of the molecule is CNc1nc(Nc2ccncc2)nc2ccccc12. The predicted octanol–water partition coefficient (Wildman–Crippen LogP) is 2.81. The zero-order valence-corrected chi connectivity index (χ0v) is 10.5. The topological polar surface area (TPSA) is 62.7 Å². The maximum atomic E-state index is 4.50. The van der Waals surface area contributed by atoms with E-state index >= 15 is 0 Å². The molecule has 0 fully saturated rings. The summed E-state index contributed by atoms with van der Waals surface area (Å²) in [6.07, 6.45) is 3.45. The Balaban J connectivity index is 2.05. The van der Waals surface area contributed by atoms with E-state index in [9.17, 15) is 0 Å². The predicted molar refractivity (Wildman–Crippen MR) is 76.6 cm³/mol. The molecule has 0 spiro atoms. The van der Waals surface area contributed by atoms with Gasteiger partial charge in [0.1, 0.15) is 5.82 Å². The molecule has 0 atom stereocenters. The number of benzene rings is 1. The standard InChI is InChI=1S/C14H13N5/c1-15-13-11-4-2-3-5-12(11)18-14(19-13)17-10-6-8-16-9-7-10/h2-9H,1H3,(H2,15,16,17,18,19). The lowest BCUT2D eigenvalue weighted by molar-refractivity contribution is 1.20. The Bertz CT molecular complexity index is 697. The van der Waals surface area contributed by atoms with Crippen molar-refractivity contribution < 1.29 is 0 Å². The van der Waals surface area contributed by atoms with E-state index in [2.05, 4.69) is 25.6 Å². The molecule has 2 N–H and O–H groups in total. The summed E-state index contributed by atoms with van der Waals surface area (Å²) in [4.78, 5) is 12.9. The number of nitrogens with one attached hydrogen (secondary N) is 2. The van der Waals surface area contributed by atoms with Crippen LogP contribution in [0.15, 0.2) is 48.8 Å². The van der Waals surface area contributed by atoms with Gasteiger partial charge in [0.15, 0.2) is 0 Å². The van der Waals surface area contributed by atoms with Gasteiger partial charge in [-0.2, -0.15) is 4.98 Å². The summed E-state index contributed by atoms with van der Waals surface area (Å²) in [5.41, 5.74) is 1.81. The van der Waals surface area contributed by atoms with Crippen molar-refractivity contribution in [2.45, 2.75) is 0 Å². The first kappa shape index (κ1) is 11.4. The van der Waals surface area contributed by atoms with Crippen molar-refractivity contribution in [3.05, 3.63) is 48.8 Å². The van der Waals surface area contributed by atoms with E-state index in [0.717, 1.165) is 22.4 Å². The molecule has 0 saturated heterocycles. The van der Waals surface area contributed by atoms with Gasteiger partial charge >= 0.3 is 0 Å². The van der Waals surface area contributed by atoms with Crippen LogP contribution in [0.3, 0.4) is 0 Å². The highest BCUT2D eigenvalue weighted by Gasteiger charge is 2.05. The summed E-state index contributed by atoms with van der Waals surface area (Å²) >= 11 is 0. The van der Waals surface area contributed by atoms with Crippen molar-refractivity contribution in [1.82, 2.24) is 15.0 Å². The van der Waals surface area contributed by atoms with E-state index in [0.29, 0.717) is 5.95 Å². The number of fused-ring (bicyclic) bond motifs is 1. The van der Waals surface area contributed by atoms with E-state index in [4.69, 9.17) is 0 Å². The van der Waals surface area contributed by atoms with Gasteiger partial charge in [-0.25, -0.2) is 4.98 Å². The van der Waals surface area contributed by atoms with Gasteiger partial charge in [-0.05, 0) is 24.3 Å². The molecule has 19 heavy (non-hydrogen) atoms. The zero-order chi connectivity index (χ0) is 13.1. The normalized spacial score (nSPS) is 10.4. The van der Waals surface area contributed by atoms with Gasteiger partial charge in [0.2, 0.25) is 5.95 Å². The van der Waals surface area contributed by atoms with E-state index in [1.165, 1.54) is 0 Å². The van der Waals surface area contributed by atoms with Crippen LogP contribution in [0.4, 0.5) is 17.5 Å². The fraction of sp³-hybridized carbons (Fsp3) is 0.0714. The van der Waals surface area contributed by atoms with Crippen LogP contribution in [-0.2, 0) is 0 Å². The van der Waals surface area contributed by atoms with Crippen LogP contribution in [0.2, 0.25) is 0 Å². The Hall–Kier alpha value is -2.69. The van der Waals surface area contributed by atoms with Crippen molar-refractivity contribution in [2.24, 2.45) is 0 Å². The Kier molecular flexibility index (Phi) is 2.94. The Morgan fingerprint density at radius 3 is 2.53 bits per heavy atom. The van der Waals surface area contributed by atoms with Crippen LogP contribution in [0.1, 0.15) is 0 Å². The minimum absolute atomic E-state index is 0.564. The van der Waals surface area contributed by atoms with Gasteiger partial charge in [-0.3, -0.25) is 4.98 Å². The van der Waals surface area contributed by atoms with Crippen molar-refractivity contribution in [1.29, 1.82) is 0 Å². The second-order valence-corrected chi connectivity index (χ2v) is 4.02. The first-order valence-corrected chi connectivity index (χ1v) is 5.98. The molecular weight excluding hydrogens is 238 g/mol. The average molecular weight is 251 g/mol. The first-order valence-electron chi connectivity index (χ1n) is 5.98. The summed E-state index contributed by atoms with van der Waals surface area (Å²) in [7, 11) is 1.85. The molecule has 0 unspecified atom stereocenters. The largest absolute Gasteiger partial charge is 0.372 e. The Labute approximate surface area is 110 Å². The summed E-state index contributed by atoms with van der Waals surface area (Å²) in [5.74, 6) is 1.37. The lowest BCUT2D eigenvalue weighted by atomic mass is 10.2. The highest BCUT2D eigenvalue weighted by Crippen LogP contribution is 2.22. The van der Waals surface area contributed by atoms with Gasteiger partial charge in [-0.15, -0.1) is 0 Å². The highest BCUT2D eigenvalue weighted by molar-refractivity contribution is 5.90. The van der Waals surface area contributed by atoms with E-state index in [1.54, 1.807) is 12.4 Å². The Morgan fingerprint density at radius 2 is 1.74 bits per heavy atom. The van der Waals surface area contributed by atoms with Crippen molar-refractivity contribution in [2.75, 3.05) is 17.7 Å². The zero-order valence-electron chi connectivity index (χ0n) is 10.5. The molecule has 94 valence electrons. The maximum absolute atomic E-state index is 4.50. The van der Waals surface area contributed by atoms with Crippen molar-refractivity contribution in [3.8, 4) is 0 Å². The smallest absolute Gasteiger partial charge is 0.229 e. The highest BCUT2D eigenvalue weighted by atomic mass is 15.1. The lowest BCUT2D eigenvalue weighted by Gasteiger charge is -2.09. The molecule has 0 amide bonds. The quantitative estimate of drug-likeness (QED) is 0.749. The molecule has 0 bridgehead atoms. The fourth-order valence-corrected chi connectivity index (χ4v) is 1.89. The van der Waals surface area contributed by atoms with E-state index < -0.39 is 0 Å². The molecule has 3 rings (SSSR count). The second-order valence-electron chi connectivity index (χ2n) is 4.02. The van der Waals surface area contributed by atoms with Crippen LogP contribution in [0.5, 0.6) is 0 Å². The summed E-state index contributed by atoms with van der Waals surface area (Å²) in [6, 6.07) is 11.6. The van der Waals surface area contributed by atoms with Gasteiger partial charge in [0.25, 0.3) is 0 Å². The van der Waals surface area contributed by atoms with E-state index in [-0.39, 0.29) is 0 Å². The first-order chi connectivity index (χ1) is 9.36. The third-order valence-corrected chi connectivity index (χ3v) is 2.78. The number of aromatic nitrogens is 3. The second kappa shape index (κ2) is 4.89. The summed E-state index contributed by atoms with van der Waals surface area (Å²) < 4.78 is 0. The van der Waals surface area contributed by atoms with Crippen molar-refractivity contribution >= 4 is 28.4 Å². The molecular formula is C14H13N5. The summed E-state index contributed by atoms with van der Waals surface area (Å²) in [5, 5.41) is 7.27. The number of rotatable bonds is 3. The summed E-state index contributed by atoms with van der Waals surface area (Å²) in [6.45, 7) is 0. The molecule has 0 aliphatic heterocycles. The minimum Gasteiger partial charge on any atom is -0.372 e. The monoisotopic (exact) mass is 251 g/mol. The minimum atomic E-state index is 0.564. The number of anilines is 3. The number of pyridine rings is 1. The van der Waals surface area contributed by atoms with Gasteiger partial charge < -0.3 is 10.6 Å². The number of nitrogens with zero attached hydrogens (tertiary/aromatic N) is 3. The maximum Gasteiger partial charge on any atom is 0.229 e. The molecule has 1 aromatic carbocycles. The van der Waals surface area contributed by atoms with Crippen LogP contribution >= 0.6 is 0 Å². The van der Waals surface area contributed by atoms with Crippen LogP contribution in [-0.4, -0.2) is 22.0 Å². The number of hydrogen-bond acceptors (Lipinski definition) is 5.